The van der Waals surface area contributed by atoms with Crippen LogP contribution in [0.3, 0.4) is 0 Å². The average Bonchev–Trinajstić information content (AvgIpc) is 2.56. The van der Waals surface area contributed by atoms with Gasteiger partial charge in [0.2, 0.25) is 5.91 Å². The van der Waals surface area contributed by atoms with Gasteiger partial charge in [0.1, 0.15) is 0 Å². The van der Waals surface area contributed by atoms with Gasteiger partial charge < -0.3 is 25.4 Å². The number of anilines is 1. The first kappa shape index (κ1) is 20.8. The van der Waals surface area contributed by atoms with Crippen molar-refractivity contribution in [2.75, 3.05) is 33.1 Å². The molecule has 2 amide bonds. The summed E-state index contributed by atoms with van der Waals surface area (Å²) in [5, 5.41) is 2.66. The molecule has 1 aromatic carbocycles. The second-order valence-corrected chi connectivity index (χ2v) is 6.36. The number of ether oxygens (including phenoxy) is 2. The van der Waals surface area contributed by atoms with Crippen molar-refractivity contribution in [1.82, 2.24) is 4.90 Å². The lowest BCUT2D eigenvalue weighted by Gasteiger charge is -2.22. The molecule has 0 aliphatic rings. The largest absolute Gasteiger partial charge is 0.493 e. The van der Waals surface area contributed by atoms with Gasteiger partial charge in [-0.15, -0.1) is 0 Å². The molecule has 0 saturated heterocycles. The molecule has 0 radical (unpaired) electrons. The van der Waals surface area contributed by atoms with Crippen LogP contribution < -0.4 is 20.5 Å². The Balaban J connectivity index is 3.06. The summed E-state index contributed by atoms with van der Waals surface area (Å²) in [6.45, 7) is 6.04. The van der Waals surface area contributed by atoms with Gasteiger partial charge in [0.15, 0.2) is 11.5 Å². The van der Waals surface area contributed by atoms with Crippen LogP contribution in [0, 0.1) is 5.92 Å². The maximum atomic E-state index is 12.7. The zero-order valence-corrected chi connectivity index (χ0v) is 15.9. The number of carbonyl (C=O) groups is 2. The molecule has 0 heterocycles. The molecule has 0 fully saturated rings. The first-order valence-corrected chi connectivity index (χ1v) is 8.25. The molecular formula is C18H29N3O4. The van der Waals surface area contributed by atoms with Crippen molar-refractivity contribution in [3.05, 3.63) is 17.7 Å². The normalized spacial score (nSPS) is 11.8. The fourth-order valence-electron chi connectivity index (χ4n) is 2.37. The molecule has 7 heteroatoms. The van der Waals surface area contributed by atoms with E-state index in [2.05, 4.69) is 19.2 Å². The van der Waals surface area contributed by atoms with E-state index in [-0.39, 0.29) is 17.9 Å². The molecule has 0 spiro atoms. The van der Waals surface area contributed by atoms with Gasteiger partial charge in [0, 0.05) is 32.1 Å². The van der Waals surface area contributed by atoms with Gasteiger partial charge in [-0.2, -0.15) is 0 Å². The number of nitrogens with two attached hydrogens (primary N) is 1. The fourth-order valence-corrected chi connectivity index (χ4v) is 2.37. The van der Waals surface area contributed by atoms with Gasteiger partial charge in [-0.05, 0) is 24.5 Å². The van der Waals surface area contributed by atoms with Crippen LogP contribution in [-0.4, -0.2) is 50.6 Å². The van der Waals surface area contributed by atoms with E-state index in [1.54, 1.807) is 24.1 Å². The third-order valence-corrected chi connectivity index (χ3v) is 4.04. The van der Waals surface area contributed by atoms with Crippen LogP contribution in [0.15, 0.2) is 12.1 Å². The second kappa shape index (κ2) is 9.27. The Morgan fingerprint density at radius 3 is 2.36 bits per heavy atom. The molecule has 0 saturated carbocycles. The predicted molar refractivity (Wildman–Crippen MR) is 98.2 cm³/mol. The van der Waals surface area contributed by atoms with Gasteiger partial charge in [-0.25, -0.2) is 0 Å². The van der Waals surface area contributed by atoms with E-state index >= 15 is 0 Å². The Morgan fingerprint density at radius 1 is 1.24 bits per heavy atom. The van der Waals surface area contributed by atoms with Crippen LogP contribution in [0.5, 0.6) is 11.5 Å². The number of methoxy groups -OCH3 is 2. The monoisotopic (exact) mass is 351 g/mol. The summed E-state index contributed by atoms with van der Waals surface area (Å²) < 4.78 is 10.6. The fraction of sp³-hybridized carbons (Fsp3) is 0.556. The van der Waals surface area contributed by atoms with Crippen LogP contribution in [0.1, 0.15) is 37.6 Å². The lowest BCUT2D eigenvalue weighted by Crippen LogP contribution is -2.34. The average molecular weight is 351 g/mol. The van der Waals surface area contributed by atoms with Gasteiger partial charge >= 0.3 is 0 Å². The van der Waals surface area contributed by atoms with Crippen LogP contribution in [0.4, 0.5) is 5.69 Å². The van der Waals surface area contributed by atoms with Crippen molar-refractivity contribution >= 4 is 17.5 Å². The van der Waals surface area contributed by atoms with Crippen molar-refractivity contribution in [2.45, 2.75) is 33.2 Å². The van der Waals surface area contributed by atoms with Crippen molar-refractivity contribution < 1.29 is 19.1 Å². The number of hydrogen-bond acceptors (Lipinski definition) is 5. The number of benzene rings is 1. The minimum absolute atomic E-state index is 0.0376. The highest BCUT2D eigenvalue weighted by Crippen LogP contribution is 2.37. The zero-order chi connectivity index (χ0) is 19.1. The molecule has 3 N–H and O–H groups in total. The van der Waals surface area contributed by atoms with Crippen molar-refractivity contribution in [2.24, 2.45) is 11.7 Å². The van der Waals surface area contributed by atoms with Crippen molar-refractivity contribution in [3.63, 3.8) is 0 Å². The summed E-state index contributed by atoms with van der Waals surface area (Å²) in [5.41, 5.74) is 6.84. The maximum absolute atomic E-state index is 12.7. The Bertz CT molecular complexity index is 617. The summed E-state index contributed by atoms with van der Waals surface area (Å²) in [4.78, 5) is 25.7. The lowest BCUT2D eigenvalue weighted by molar-refractivity contribution is -0.114. The Kier molecular flexibility index (Phi) is 7.70. The predicted octanol–water partition coefficient (Wildman–Crippen LogP) is 2.11. The van der Waals surface area contributed by atoms with Crippen molar-refractivity contribution in [1.29, 1.82) is 0 Å². The summed E-state index contributed by atoms with van der Waals surface area (Å²) >= 11 is 0. The van der Waals surface area contributed by atoms with Crippen LogP contribution >= 0.6 is 0 Å². The molecule has 1 rings (SSSR count). The molecular weight excluding hydrogens is 322 g/mol. The third-order valence-electron chi connectivity index (χ3n) is 4.04. The molecule has 0 aromatic heterocycles. The summed E-state index contributed by atoms with van der Waals surface area (Å²) in [6, 6.07) is 3.23. The quantitative estimate of drug-likeness (QED) is 0.748. The number of rotatable bonds is 8. The number of hydrogen-bond donors (Lipinski definition) is 2. The molecule has 1 unspecified atom stereocenters. The first-order valence-electron chi connectivity index (χ1n) is 8.25. The van der Waals surface area contributed by atoms with Crippen LogP contribution in [0.25, 0.3) is 0 Å². The van der Waals surface area contributed by atoms with Gasteiger partial charge in [0.25, 0.3) is 5.91 Å². The van der Waals surface area contributed by atoms with E-state index in [9.17, 15) is 9.59 Å². The van der Waals surface area contributed by atoms with Crippen LogP contribution in [-0.2, 0) is 4.79 Å². The number of nitrogens with zero attached hydrogens (tertiary/aromatic N) is 1. The van der Waals surface area contributed by atoms with E-state index in [1.807, 2.05) is 0 Å². The van der Waals surface area contributed by atoms with Gasteiger partial charge in [-0.1, -0.05) is 13.8 Å². The Morgan fingerprint density at radius 2 is 1.88 bits per heavy atom. The SMILES string of the molecule is COc1cc(C(=O)N(C)CCC(N)C(C)C)cc(NC(C)=O)c1OC. The van der Waals surface area contributed by atoms with E-state index in [4.69, 9.17) is 15.2 Å². The molecule has 0 bridgehead atoms. The highest BCUT2D eigenvalue weighted by atomic mass is 16.5. The van der Waals surface area contributed by atoms with E-state index in [0.29, 0.717) is 41.6 Å². The van der Waals surface area contributed by atoms with E-state index < -0.39 is 0 Å². The molecule has 140 valence electrons. The van der Waals surface area contributed by atoms with E-state index in [1.165, 1.54) is 21.1 Å². The van der Waals surface area contributed by atoms with Crippen molar-refractivity contribution in [3.8, 4) is 11.5 Å². The summed E-state index contributed by atoms with van der Waals surface area (Å²) in [6.07, 6.45) is 0.714. The second-order valence-electron chi connectivity index (χ2n) is 6.36. The van der Waals surface area contributed by atoms with Gasteiger partial charge in [0.05, 0.1) is 19.9 Å². The minimum atomic E-state index is -0.263. The molecule has 1 aromatic rings. The number of nitrogens with one attached hydrogen (secondary N) is 1. The maximum Gasteiger partial charge on any atom is 0.253 e. The molecule has 0 aliphatic carbocycles. The van der Waals surface area contributed by atoms with Crippen LogP contribution in [0.2, 0.25) is 0 Å². The van der Waals surface area contributed by atoms with Gasteiger partial charge in [-0.3, -0.25) is 9.59 Å². The summed E-state index contributed by atoms with van der Waals surface area (Å²) in [5.74, 6) is 0.670. The molecule has 7 nitrogen and oxygen atoms in total. The number of carbonyl (C=O) groups excluding carboxylic acids is 2. The van der Waals surface area contributed by atoms with E-state index in [0.717, 1.165) is 0 Å². The Labute approximate surface area is 149 Å². The molecule has 1 atom stereocenters. The highest BCUT2D eigenvalue weighted by molar-refractivity contribution is 5.98. The first-order chi connectivity index (χ1) is 11.7. The third kappa shape index (κ3) is 5.63. The topological polar surface area (TPSA) is 93.9 Å². The minimum Gasteiger partial charge on any atom is -0.493 e. The highest BCUT2D eigenvalue weighted by Gasteiger charge is 2.20. The Hall–Kier alpha value is -2.28. The molecule has 25 heavy (non-hydrogen) atoms. The smallest absolute Gasteiger partial charge is 0.253 e. The zero-order valence-electron chi connectivity index (χ0n) is 15.9. The number of amides is 2. The lowest BCUT2D eigenvalue weighted by atomic mass is 10.0. The molecule has 0 aliphatic heterocycles. The summed E-state index contributed by atoms with van der Waals surface area (Å²) in [7, 11) is 4.68. The standard InChI is InChI=1S/C18H29N3O4/c1-11(2)14(19)7-8-21(4)18(23)13-9-15(20-12(3)22)17(25-6)16(10-13)24-5/h9-11,14H,7-8,19H2,1-6H3,(H,20,22).